The van der Waals surface area contributed by atoms with Gasteiger partial charge >= 0.3 is 5.97 Å². The summed E-state index contributed by atoms with van der Waals surface area (Å²) in [5, 5.41) is 13.0. The van der Waals surface area contributed by atoms with Gasteiger partial charge in [-0.2, -0.15) is 5.26 Å². The summed E-state index contributed by atoms with van der Waals surface area (Å²) in [6.45, 7) is 0.865. The Bertz CT molecular complexity index is 1970. The van der Waals surface area contributed by atoms with Crippen LogP contribution in [-0.4, -0.2) is 49.5 Å². The van der Waals surface area contributed by atoms with Gasteiger partial charge in [-0.05, 0) is 61.0 Å². The lowest BCUT2D eigenvalue weighted by molar-refractivity contribution is -0.143. The number of pyridine rings is 1. The molecule has 218 valence electrons. The Morgan fingerprint density at radius 3 is 2.53 bits per heavy atom. The first-order valence-corrected chi connectivity index (χ1v) is 15.0. The van der Waals surface area contributed by atoms with Crippen LogP contribution in [0, 0.1) is 11.3 Å². The number of ether oxygens (including phenoxy) is 1. The van der Waals surface area contributed by atoms with Gasteiger partial charge in [0, 0.05) is 41.6 Å². The van der Waals surface area contributed by atoms with Gasteiger partial charge in [-0.15, -0.1) is 0 Å². The van der Waals surface area contributed by atoms with E-state index < -0.39 is 28.4 Å². The van der Waals surface area contributed by atoms with Crippen molar-refractivity contribution in [2.45, 2.75) is 18.2 Å². The summed E-state index contributed by atoms with van der Waals surface area (Å²) in [6, 6.07) is 25.0. The van der Waals surface area contributed by atoms with Gasteiger partial charge in [0.1, 0.15) is 18.0 Å². The number of aryl methyl sites for hydroxylation is 1. The summed E-state index contributed by atoms with van der Waals surface area (Å²) in [5.41, 5.74) is 4.03. The predicted molar refractivity (Wildman–Crippen MR) is 163 cm³/mol. The number of carbonyl (C=O) groups excluding carboxylic acids is 2. The molecule has 10 nitrogen and oxygen atoms in total. The van der Waals surface area contributed by atoms with Crippen LogP contribution in [0.15, 0.2) is 90.0 Å². The fourth-order valence-corrected chi connectivity index (χ4v) is 6.49. The van der Waals surface area contributed by atoms with Gasteiger partial charge in [0.15, 0.2) is 0 Å². The Hall–Kier alpha value is -5.21. The molecule has 0 atom stereocenters. The van der Waals surface area contributed by atoms with E-state index in [0.29, 0.717) is 17.4 Å². The molecule has 0 unspecified atom stereocenters. The lowest BCUT2D eigenvalue weighted by atomic mass is 10.1. The van der Waals surface area contributed by atoms with Crippen molar-refractivity contribution in [3.63, 3.8) is 0 Å². The van der Waals surface area contributed by atoms with Crippen molar-refractivity contribution in [3.05, 3.63) is 102 Å². The molecule has 1 amide bonds. The van der Waals surface area contributed by atoms with Crippen molar-refractivity contribution in [2.75, 3.05) is 24.0 Å². The number of anilines is 1. The van der Waals surface area contributed by atoms with E-state index in [2.05, 4.69) is 16.4 Å². The maximum atomic E-state index is 14.2. The molecule has 0 saturated heterocycles. The highest BCUT2D eigenvalue weighted by Gasteiger charge is 2.30. The molecule has 2 aromatic heterocycles. The Balaban J connectivity index is 1.53. The van der Waals surface area contributed by atoms with Gasteiger partial charge in [-0.25, -0.2) is 8.42 Å². The molecule has 0 saturated carbocycles. The molecular weight excluding hydrogens is 566 g/mol. The maximum Gasteiger partial charge on any atom is 0.325 e. The Morgan fingerprint density at radius 1 is 1.02 bits per heavy atom. The van der Waals surface area contributed by atoms with E-state index in [9.17, 15) is 18.0 Å². The number of esters is 1. The molecule has 0 aliphatic heterocycles. The molecule has 0 spiro atoms. The Labute approximate surface area is 249 Å². The first-order chi connectivity index (χ1) is 20.7. The second kappa shape index (κ2) is 12.3. The molecule has 5 aromatic rings. The van der Waals surface area contributed by atoms with E-state index in [1.807, 2.05) is 35.9 Å². The number of hydrogen-bond donors (Lipinski definition) is 1. The number of carbonyl (C=O) groups is 2. The number of aromatic nitrogens is 2. The summed E-state index contributed by atoms with van der Waals surface area (Å²) < 4.78 is 36.3. The van der Waals surface area contributed by atoms with Gasteiger partial charge in [0.2, 0.25) is 5.91 Å². The summed E-state index contributed by atoms with van der Waals surface area (Å²) in [4.78, 5) is 29.1. The number of nitrogens with one attached hydrogen (secondary N) is 1. The van der Waals surface area contributed by atoms with Crippen LogP contribution in [0.3, 0.4) is 0 Å². The Kier molecular flexibility index (Phi) is 8.41. The summed E-state index contributed by atoms with van der Waals surface area (Å²) >= 11 is 0. The standard InChI is InChI=1S/C32H29N5O5S/c1-3-42-31(39)20-35-30(38)21-37(43(40,41)29-8-4-6-24-7-5-15-34-32(24)29)26-13-14-28-25(17-26)18-27(36(28)2)16-22-9-11-23(19-33)12-10-22/h4-15,17-18H,3,16,20-21H2,1-2H3,(H,35,38). The van der Waals surface area contributed by atoms with Gasteiger partial charge in [-0.1, -0.05) is 30.3 Å². The van der Waals surface area contributed by atoms with Crippen LogP contribution in [0.25, 0.3) is 21.8 Å². The minimum atomic E-state index is -4.29. The van der Waals surface area contributed by atoms with Crippen molar-refractivity contribution >= 4 is 49.4 Å². The first-order valence-electron chi connectivity index (χ1n) is 13.6. The molecule has 0 fully saturated rings. The molecule has 0 aliphatic rings. The van der Waals surface area contributed by atoms with Gasteiger partial charge < -0.3 is 14.6 Å². The van der Waals surface area contributed by atoms with Crippen LogP contribution in [0.4, 0.5) is 5.69 Å². The Morgan fingerprint density at radius 2 is 1.79 bits per heavy atom. The molecule has 1 N–H and O–H groups in total. The van der Waals surface area contributed by atoms with Crippen molar-refractivity contribution in [2.24, 2.45) is 7.05 Å². The molecule has 11 heteroatoms. The van der Waals surface area contributed by atoms with Crippen molar-refractivity contribution in [1.82, 2.24) is 14.9 Å². The minimum absolute atomic E-state index is 0.0431. The molecule has 5 rings (SSSR count). The molecule has 2 heterocycles. The van der Waals surface area contributed by atoms with Gasteiger partial charge in [0.05, 0.1) is 29.4 Å². The number of nitrogens with zero attached hydrogens (tertiary/aromatic N) is 4. The van der Waals surface area contributed by atoms with E-state index >= 15 is 0 Å². The summed E-state index contributed by atoms with van der Waals surface area (Å²) in [7, 11) is -2.36. The zero-order chi connectivity index (χ0) is 30.6. The number of benzene rings is 3. The van der Waals surface area contributed by atoms with E-state index in [1.165, 1.54) is 12.3 Å². The van der Waals surface area contributed by atoms with Crippen molar-refractivity contribution in [1.29, 1.82) is 5.26 Å². The van der Waals surface area contributed by atoms with Gasteiger partial charge in [-0.3, -0.25) is 18.9 Å². The topological polar surface area (TPSA) is 134 Å². The third-order valence-electron chi connectivity index (χ3n) is 7.07. The molecule has 0 aliphatic carbocycles. The third-order valence-corrected chi connectivity index (χ3v) is 8.87. The van der Waals surface area contributed by atoms with E-state index in [4.69, 9.17) is 10.00 Å². The van der Waals surface area contributed by atoms with Crippen LogP contribution in [0.2, 0.25) is 0 Å². The molecule has 3 aromatic carbocycles. The number of hydrogen-bond acceptors (Lipinski definition) is 7. The normalized spacial score (nSPS) is 11.3. The average Bonchev–Trinajstić information content (AvgIpc) is 3.32. The van der Waals surface area contributed by atoms with Crippen LogP contribution in [0.5, 0.6) is 0 Å². The van der Waals surface area contributed by atoms with E-state index in [-0.39, 0.29) is 29.3 Å². The number of fused-ring (bicyclic) bond motifs is 2. The first kappa shape index (κ1) is 29.3. The number of amides is 1. The zero-order valence-corrected chi connectivity index (χ0v) is 24.5. The monoisotopic (exact) mass is 595 g/mol. The minimum Gasteiger partial charge on any atom is -0.465 e. The summed E-state index contributed by atoms with van der Waals surface area (Å²) in [6.07, 6.45) is 2.12. The van der Waals surface area contributed by atoms with Crippen LogP contribution in [-0.2, 0) is 37.8 Å². The molecule has 43 heavy (non-hydrogen) atoms. The fraction of sp³-hybridized carbons (Fsp3) is 0.188. The van der Waals surface area contributed by atoms with Crippen LogP contribution < -0.4 is 9.62 Å². The molecular formula is C32H29N5O5S. The fourth-order valence-electron chi connectivity index (χ4n) is 4.91. The average molecular weight is 596 g/mol. The predicted octanol–water partition coefficient (Wildman–Crippen LogP) is 4.06. The summed E-state index contributed by atoms with van der Waals surface area (Å²) in [5.74, 6) is -1.29. The molecule has 0 bridgehead atoms. The van der Waals surface area contributed by atoms with E-state index in [0.717, 1.165) is 26.5 Å². The second-order valence-electron chi connectivity index (χ2n) is 9.85. The van der Waals surface area contributed by atoms with Crippen molar-refractivity contribution in [3.8, 4) is 6.07 Å². The second-order valence-corrected chi connectivity index (χ2v) is 11.7. The SMILES string of the molecule is CCOC(=O)CNC(=O)CN(c1ccc2c(c1)cc(Cc1ccc(C#N)cc1)n2C)S(=O)(=O)c1cccc2cccnc12. The lowest BCUT2D eigenvalue weighted by Gasteiger charge is -2.24. The van der Waals surface area contributed by atoms with E-state index in [1.54, 1.807) is 55.5 Å². The van der Waals surface area contributed by atoms with Crippen LogP contribution in [0.1, 0.15) is 23.7 Å². The highest BCUT2D eigenvalue weighted by atomic mass is 32.2. The van der Waals surface area contributed by atoms with Gasteiger partial charge in [0.25, 0.3) is 10.0 Å². The molecule has 0 radical (unpaired) electrons. The largest absolute Gasteiger partial charge is 0.465 e. The third kappa shape index (κ3) is 6.19. The van der Waals surface area contributed by atoms with Crippen LogP contribution >= 0.6 is 0 Å². The quantitative estimate of drug-likeness (QED) is 0.241. The van der Waals surface area contributed by atoms with Crippen molar-refractivity contribution < 1.29 is 22.7 Å². The number of rotatable bonds is 10. The highest BCUT2D eigenvalue weighted by molar-refractivity contribution is 7.93. The number of para-hydroxylation sites is 1. The lowest BCUT2D eigenvalue weighted by Crippen LogP contribution is -2.42. The smallest absolute Gasteiger partial charge is 0.325 e. The maximum absolute atomic E-state index is 14.2. The highest BCUT2D eigenvalue weighted by Crippen LogP contribution is 2.31. The number of sulfonamides is 1. The number of nitriles is 1. The zero-order valence-electron chi connectivity index (χ0n) is 23.6.